The van der Waals surface area contributed by atoms with E-state index in [1.54, 1.807) is 20.8 Å². The minimum atomic E-state index is -2.01. The number of amides is 1. The van der Waals surface area contributed by atoms with Crippen LogP contribution in [0.2, 0.25) is 18.1 Å². The molecular weight excluding hydrogens is 398 g/mol. The van der Waals surface area contributed by atoms with Crippen LogP contribution >= 0.6 is 0 Å². The summed E-state index contributed by atoms with van der Waals surface area (Å²) < 4.78 is 12.1. The lowest BCUT2D eigenvalue weighted by molar-refractivity contribution is -0.122. The Labute approximate surface area is 184 Å². The van der Waals surface area contributed by atoms with E-state index in [0.717, 1.165) is 0 Å². The molecule has 0 aromatic heterocycles. The second-order valence-corrected chi connectivity index (χ2v) is 16.6. The van der Waals surface area contributed by atoms with Gasteiger partial charge in [-0.2, -0.15) is 0 Å². The molecule has 1 amide bonds. The molecule has 1 rings (SSSR count). The number of nitrogens with zero attached hydrogens (tertiary/aromatic N) is 1. The summed E-state index contributed by atoms with van der Waals surface area (Å²) in [5.41, 5.74) is -0.679. The average Bonchev–Trinajstić information content (AvgIpc) is 2.89. The van der Waals surface area contributed by atoms with E-state index < -0.39 is 38.2 Å². The van der Waals surface area contributed by atoms with Crippen molar-refractivity contribution in [3.63, 3.8) is 0 Å². The van der Waals surface area contributed by atoms with Crippen LogP contribution in [0.25, 0.3) is 0 Å². The Morgan fingerprint density at radius 3 is 2.07 bits per heavy atom. The average molecular weight is 444 g/mol. The molecule has 7 heteroatoms. The lowest BCUT2D eigenvalue weighted by Crippen LogP contribution is -2.52. The highest BCUT2D eigenvalue weighted by molar-refractivity contribution is 6.74. The first kappa shape index (κ1) is 27.1. The fourth-order valence-corrected chi connectivity index (χ4v) is 4.78. The molecule has 0 aliphatic carbocycles. The predicted octanol–water partition coefficient (Wildman–Crippen LogP) is 5.00. The van der Waals surface area contributed by atoms with Crippen molar-refractivity contribution in [1.82, 2.24) is 4.90 Å². The van der Waals surface area contributed by atoms with Gasteiger partial charge in [0.25, 0.3) is 0 Å². The van der Waals surface area contributed by atoms with E-state index in [-0.39, 0.29) is 22.7 Å². The van der Waals surface area contributed by atoms with Crippen LogP contribution in [0.3, 0.4) is 0 Å². The standard InChI is InChI=1S/C23H45NO5Si/c1-15(2)12-19(26)20-17(14-28-30(10,11)23(7,8)9)13-18(16(3)25)24(20)21(27)29-22(4,5)6/h15,17-20,26H,12-14H2,1-11H3. The summed E-state index contributed by atoms with van der Waals surface area (Å²) in [4.78, 5) is 27.1. The van der Waals surface area contributed by atoms with Crippen molar-refractivity contribution in [2.75, 3.05) is 6.61 Å². The largest absolute Gasteiger partial charge is 0.444 e. The lowest BCUT2D eigenvalue weighted by atomic mass is 9.91. The minimum absolute atomic E-state index is 0.0580. The van der Waals surface area contributed by atoms with Crippen LogP contribution in [0.15, 0.2) is 0 Å². The first-order chi connectivity index (χ1) is 13.4. The number of carbonyl (C=O) groups excluding carboxylic acids is 2. The van der Waals surface area contributed by atoms with Gasteiger partial charge in [-0.15, -0.1) is 0 Å². The number of Topliss-reactive ketones (excluding diaryl/α,β-unsaturated/α-hetero) is 1. The number of aliphatic hydroxyl groups excluding tert-OH is 1. The fraction of sp³-hybridized carbons (Fsp3) is 0.913. The van der Waals surface area contributed by atoms with Gasteiger partial charge >= 0.3 is 6.09 Å². The van der Waals surface area contributed by atoms with Gasteiger partial charge in [-0.1, -0.05) is 34.6 Å². The van der Waals surface area contributed by atoms with E-state index in [1.807, 2.05) is 13.8 Å². The molecule has 1 N–H and O–H groups in total. The van der Waals surface area contributed by atoms with Crippen LogP contribution in [-0.2, 0) is 14.0 Å². The molecule has 176 valence electrons. The number of ketones is 1. The number of rotatable bonds is 7. The third-order valence-corrected chi connectivity index (χ3v) is 10.8. The van der Waals surface area contributed by atoms with Gasteiger partial charge in [0.05, 0.1) is 18.2 Å². The Morgan fingerprint density at radius 1 is 1.13 bits per heavy atom. The zero-order valence-electron chi connectivity index (χ0n) is 21.0. The number of likely N-dealkylation sites (tertiary alicyclic amines) is 1. The molecule has 1 heterocycles. The Balaban J connectivity index is 3.25. The molecule has 1 aliphatic heterocycles. The van der Waals surface area contributed by atoms with Crippen LogP contribution in [0.5, 0.6) is 0 Å². The smallest absolute Gasteiger partial charge is 0.411 e. The van der Waals surface area contributed by atoms with E-state index >= 15 is 0 Å². The predicted molar refractivity (Wildman–Crippen MR) is 123 cm³/mol. The maximum absolute atomic E-state index is 13.1. The third kappa shape index (κ3) is 7.06. The van der Waals surface area contributed by atoms with Crippen LogP contribution in [0.4, 0.5) is 4.79 Å². The van der Waals surface area contributed by atoms with Gasteiger partial charge < -0.3 is 14.3 Å². The number of hydrogen-bond acceptors (Lipinski definition) is 5. The van der Waals surface area contributed by atoms with Crippen LogP contribution in [0, 0.1) is 11.8 Å². The molecule has 0 bridgehead atoms. The van der Waals surface area contributed by atoms with Crippen molar-refractivity contribution in [2.24, 2.45) is 11.8 Å². The molecule has 0 aromatic carbocycles. The summed E-state index contributed by atoms with van der Waals surface area (Å²) in [5.74, 6) is 0.0607. The Kier molecular flexibility index (Phi) is 8.76. The molecular formula is C23H45NO5Si. The van der Waals surface area contributed by atoms with Crippen molar-refractivity contribution < 1.29 is 23.9 Å². The second kappa shape index (κ2) is 9.70. The first-order valence-electron chi connectivity index (χ1n) is 11.2. The van der Waals surface area contributed by atoms with Crippen molar-refractivity contribution in [3.8, 4) is 0 Å². The molecule has 6 nitrogen and oxygen atoms in total. The summed E-state index contributed by atoms with van der Waals surface area (Å²) in [7, 11) is -2.01. The zero-order valence-corrected chi connectivity index (χ0v) is 22.0. The van der Waals surface area contributed by atoms with Crippen molar-refractivity contribution in [1.29, 1.82) is 0 Å². The first-order valence-corrected chi connectivity index (χ1v) is 14.1. The highest BCUT2D eigenvalue weighted by atomic mass is 28.4. The summed E-state index contributed by atoms with van der Waals surface area (Å²) in [5, 5.41) is 11.1. The highest BCUT2D eigenvalue weighted by Crippen LogP contribution is 2.40. The monoisotopic (exact) mass is 443 g/mol. The Bertz CT molecular complexity index is 606. The number of ether oxygens (including phenoxy) is 1. The van der Waals surface area contributed by atoms with E-state index in [2.05, 4.69) is 33.9 Å². The van der Waals surface area contributed by atoms with Crippen LogP contribution in [0.1, 0.15) is 75.2 Å². The van der Waals surface area contributed by atoms with E-state index in [1.165, 1.54) is 11.8 Å². The number of aliphatic hydroxyl groups is 1. The molecule has 0 aromatic rings. The van der Waals surface area contributed by atoms with Crippen molar-refractivity contribution >= 4 is 20.2 Å². The molecule has 4 unspecified atom stereocenters. The SMILES string of the molecule is CC(=O)C1CC(CO[Si](C)(C)C(C)(C)C)C(C(O)CC(C)C)N1C(=O)OC(C)(C)C. The molecule has 4 atom stereocenters. The summed E-state index contributed by atoms with van der Waals surface area (Å²) in [6.07, 6.45) is -0.242. The Hall–Kier alpha value is -0.923. The number of hydrogen-bond donors (Lipinski definition) is 1. The Morgan fingerprint density at radius 2 is 1.67 bits per heavy atom. The quantitative estimate of drug-likeness (QED) is 0.560. The maximum Gasteiger partial charge on any atom is 0.411 e. The topological polar surface area (TPSA) is 76.1 Å². The molecule has 0 radical (unpaired) electrons. The summed E-state index contributed by atoms with van der Waals surface area (Å²) >= 11 is 0. The van der Waals surface area contributed by atoms with Crippen LogP contribution < -0.4 is 0 Å². The van der Waals surface area contributed by atoms with E-state index in [0.29, 0.717) is 19.4 Å². The minimum Gasteiger partial charge on any atom is -0.444 e. The van der Waals surface area contributed by atoms with Crippen LogP contribution in [-0.4, -0.2) is 60.6 Å². The highest BCUT2D eigenvalue weighted by Gasteiger charge is 2.51. The fourth-order valence-electron chi connectivity index (χ4n) is 3.72. The van der Waals surface area contributed by atoms with E-state index in [9.17, 15) is 14.7 Å². The lowest BCUT2D eigenvalue weighted by Gasteiger charge is -2.39. The van der Waals surface area contributed by atoms with Gasteiger partial charge in [-0.05, 0) is 64.6 Å². The van der Waals surface area contributed by atoms with Gasteiger partial charge in [0, 0.05) is 12.5 Å². The van der Waals surface area contributed by atoms with Gasteiger partial charge in [0.1, 0.15) is 5.60 Å². The third-order valence-electron chi connectivity index (χ3n) is 6.31. The van der Waals surface area contributed by atoms with Crippen molar-refractivity contribution in [2.45, 2.75) is 117 Å². The van der Waals surface area contributed by atoms with Gasteiger partial charge in [-0.3, -0.25) is 9.69 Å². The number of carbonyl (C=O) groups is 2. The van der Waals surface area contributed by atoms with Gasteiger partial charge in [0.15, 0.2) is 14.1 Å². The molecule has 30 heavy (non-hydrogen) atoms. The maximum atomic E-state index is 13.1. The molecule has 1 saturated heterocycles. The normalized spacial score (nSPS) is 24.3. The van der Waals surface area contributed by atoms with E-state index in [4.69, 9.17) is 9.16 Å². The molecule has 1 aliphatic rings. The summed E-state index contributed by atoms with van der Waals surface area (Å²) in [6, 6.07) is -1.10. The molecule has 1 fully saturated rings. The molecule has 0 saturated carbocycles. The zero-order chi connectivity index (χ0) is 23.7. The van der Waals surface area contributed by atoms with Gasteiger partial charge in [-0.25, -0.2) is 4.79 Å². The molecule has 0 spiro atoms. The second-order valence-electron chi connectivity index (χ2n) is 11.8. The summed E-state index contributed by atoms with van der Waals surface area (Å²) in [6.45, 7) is 22.4. The van der Waals surface area contributed by atoms with Gasteiger partial charge in [0.2, 0.25) is 0 Å². The van der Waals surface area contributed by atoms with Crippen molar-refractivity contribution in [3.05, 3.63) is 0 Å².